The second-order valence-electron chi connectivity index (χ2n) is 2.32. The Balaban J connectivity index is 3.11. The molecule has 1 amide bonds. The molecule has 0 fully saturated rings. The highest BCUT2D eigenvalue weighted by atomic mass is 35.5. The molecular weight excluding hydrogens is 197 g/mol. The van der Waals surface area contributed by atoms with Gasteiger partial charge in [0.1, 0.15) is 5.82 Å². The van der Waals surface area contributed by atoms with Gasteiger partial charge in [-0.05, 0) is 18.2 Å². The average molecular weight is 202 g/mol. The lowest BCUT2D eigenvalue weighted by atomic mass is 10.1. The van der Waals surface area contributed by atoms with E-state index >= 15 is 0 Å². The Bertz CT molecular complexity index is 378. The molecule has 1 aromatic rings. The van der Waals surface area contributed by atoms with Crippen LogP contribution in [-0.4, -0.2) is 11.7 Å². The maximum Gasteiger partial charge on any atom is 0.289 e. The van der Waals surface area contributed by atoms with Gasteiger partial charge in [-0.25, -0.2) is 4.39 Å². The van der Waals surface area contributed by atoms with Crippen LogP contribution < -0.4 is 5.73 Å². The van der Waals surface area contributed by atoms with E-state index < -0.39 is 17.5 Å². The molecule has 0 spiro atoms. The molecule has 0 aromatic heterocycles. The third-order valence-corrected chi connectivity index (χ3v) is 1.70. The van der Waals surface area contributed by atoms with Crippen molar-refractivity contribution in [2.24, 2.45) is 5.73 Å². The Kier molecular flexibility index (Phi) is 2.63. The fourth-order valence-corrected chi connectivity index (χ4v) is 0.960. The molecule has 0 aliphatic heterocycles. The van der Waals surface area contributed by atoms with Crippen LogP contribution in [0.25, 0.3) is 0 Å². The minimum Gasteiger partial charge on any atom is -0.363 e. The zero-order chi connectivity index (χ0) is 10.0. The van der Waals surface area contributed by atoms with E-state index in [0.29, 0.717) is 0 Å². The van der Waals surface area contributed by atoms with Gasteiger partial charge >= 0.3 is 0 Å². The lowest BCUT2D eigenvalue weighted by molar-refractivity contribution is -0.114. The van der Waals surface area contributed by atoms with Gasteiger partial charge in [0.25, 0.3) is 5.91 Å². The highest BCUT2D eigenvalue weighted by Gasteiger charge is 2.13. The molecule has 1 aromatic carbocycles. The standard InChI is InChI=1S/C8H5ClFNO2/c9-5-3-4(1-2-6(5)10)7(12)8(11)13/h1-3H,(H2,11,13). The maximum absolute atomic E-state index is 12.6. The van der Waals surface area contributed by atoms with Gasteiger partial charge in [0, 0.05) is 5.56 Å². The SMILES string of the molecule is NC(=O)C(=O)c1ccc(F)c(Cl)c1. The van der Waals surface area contributed by atoms with Crippen LogP contribution in [0.4, 0.5) is 4.39 Å². The molecule has 0 unspecified atom stereocenters. The second kappa shape index (κ2) is 3.53. The summed E-state index contributed by atoms with van der Waals surface area (Å²) in [5, 5.41) is -0.216. The molecule has 0 bridgehead atoms. The van der Waals surface area contributed by atoms with Gasteiger partial charge < -0.3 is 5.73 Å². The number of carbonyl (C=O) groups is 2. The molecule has 68 valence electrons. The number of carbonyl (C=O) groups excluding carboxylic acids is 2. The number of amides is 1. The minimum atomic E-state index is -1.09. The first-order valence-corrected chi connectivity index (χ1v) is 3.69. The summed E-state index contributed by atoms with van der Waals surface area (Å²) in [4.78, 5) is 21.4. The first-order chi connectivity index (χ1) is 6.02. The Morgan fingerprint density at radius 3 is 2.46 bits per heavy atom. The third-order valence-electron chi connectivity index (χ3n) is 1.41. The van der Waals surface area contributed by atoms with E-state index in [4.69, 9.17) is 17.3 Å². The summed E-state index contributed by atoms with van der Waals surface area (Å²) < 4.78 is 12.6. The summed E-state index contributed by atoms with van der Waals surface area (Å²) in [6.45, 7) is 0. The van der Waals surface area contributed by atoms with Crippen molar-refractivity contribution in [1.82, 2.24) is 0 Å². The summed E-state index contributed by atoms with van der Waals surface area (Å²) in [6, 6.07) is 3.21. The quantitative estimate of drug-likeness (QED) is 0.576. The van der Waals surface area contributed by atoms with Gasteiger partial charge in [0.05, 0.1) is 5.02 Å². The van der Waals surface area contributed by atoms with E-state index in [1.807, 2.05) is 0 Å². The molecule has 0 saturated carbocycles. The smallest absolute Gasteiger partial charge is 0.289 e. The highest BCUT2D eigenvalue weighted by molar-refractivity contribution is 6.42. The van der Waals surface area contributed by atoms with Crippen molar-refractivity contribution in [1.29, 1.82) is 0 Å². The number of nitrogens with two attached hydrogens (primary N) is 1. The summed E-state index contributed by atoms with van der Waals surface area (Å²) in [5.41, 5.74) is 4.72. The molecule has 0 aliphatic carbocycles. The molecular formula is C8H5ClFNO2. The zero-order valence-electron chi connectivity index (χ0n) is 6.38. The van der Waals surface area contributed by atoms with Gasteiger partial charge in [-0.3, -0.25) is 9.59 Å². The number of halogens is 2. The summed E-state index contributed by atoms with van der Waals surface area (Å²) in [6.07, 6.45) is 0. The van der Waals surface area contributed by atoms with E-state index in [1.165, 1.54) is 0 Å². The summed E-state index contributed by atoms with van der Waals surface area (Å²) in [7, 11) is 0. The maximum atomic E-state index is 12.6. The van der Waals surface area contributed by atoms with Gasteiger partial charge in [-0.2, -0.15) is 0 Å². The Morgan fingerprint density at radius 2 is 2.00 bits per heavy atom. The van der Waals surface area contributed by atoms with Crippen LogP contribution in [0.3, 0.4) is 0 Å². The molecule has 0 radical (unpaired) electrons. The first kappa shape index (κ1) is 9.67. The van der Waals surface area contributed by atoms with Crippen molar-refractivity contribution >= 4 is 23.3 Å². The lowest BCUT2D eigenvalue weighted by Crippen LogP contribution is -2.23. The lowest BCUT2D eigenvalue weighted by Gasteiger charge is -1.97. The Morgan fingerprint density at radius 1 is 1.38 bits per heavy atom. The number of Topliss-reactive ketones (excluding diaryl/α,β-unsaturated/α-hetero) is 1. The molecule has 5 heteroatoms. The molecule has 13 heavy (non-hydrogen) atoms. The first-order valence-electron chi connectivity index (χ1n) is 3.31. The van der Waals surface area contributed by atoms with Crippen molar-refractivity contribution in [2.75, 3.05) is 0 Å². The average Bonchev–Trinajstić information content (AvgIpc) is 2.08. The van der Waals surface area contributed by atoms with Crippen LogP contribution in [0, 0.1) is 5.82 Å². The van der Waals surface area contributed by atoms with Crippen molar-refractivity contribution in [2.45, 2.75) is 0 Å². The van der Waals surface area contributed by atoms with Gasteiger partial charge in [0.2, 0.25) is 5.78 Å². The minimum absolute atomic E-state index is 0.0149. The van der Waals surface area contributed by atoms with E-state index in [2.05, 4.69) is 0 Å². The molecule has 2 N–H and O–H groups in total. The normalized spacial score (nSPS) is 9.69. The topological polar surface area (TPSA) is 60.2 Å². The zero-order valence-corrected chi connectivity index (χ0v) is 7.14. The van der Waals surface area contributed by atoms with Crippen LogP contribution in [0.5, 0.6) is 0 Å². The van der Waals surface area contributed by atoms with Crippen LogP contribution in [0.1, 0.15) is 10.4 Å². The molecule has 0 heterocycles. The van der Waals surface area contributed by atoms with Gasteiger partial charge in [-0.1, -0.05) is 11.6 Å². The second-order valence-corrected chi connectivity index (χ2v) is 2.73. The van der Waals surface area contributed by atoms with Crippen LogP contribution in [-0.2, 0) is 4.79 Å². The highest BCUT2D eigenvalue weighted by Crippen LogP contribution is 2.16. The summed E-state index contributed by atoms with van der Waals surface area (Å²) >= 11 is 5.38. The van der Waals surface area contributed by atoms with Gasteiger partial charge in [0.15, 0.2) is 0 Å². The molecule has 0 aliphatic rings. The summed E-state index contributed by atoms with van der Waals surface area (Å²) in [5.74, 6) is -2.63. The number of benzene rings is 1. The molecule has 0 atom stereocenters. The fraction of sp³-hybridized carbons (Fsp3) is 0. The molecule has 0 saturated heterocycles. The Labute approximate surface area is 78.3 Å². The number of rotatable bonds is 2. The third kappa shape index (κ3) is 2.03. The van der Waals surface area contributed by atoms with Crippen molar-refractivity contribution in [3.05, 3.63) is 34.6 Å². The number of hydrogen-bond donors (Lipinski definition) is 1. The van der Waals surface area contributed by atoms with Crippen LogP contribution in [0.15, 0.2) is 18.2 Å². The number of hydrogen-bond acceptors (Lipinski definition) is 2. The number of ketones is 1. The fourth-order valence-electron chi connectivity index (χ4n) is 0.780. The van der Waals surface area contributed by atoms with Crippen LogP contribution >= 0.6 is 11.6 Å². The predicted octanol–water partition coefficient (Wildman–Crippen LogP) is 1.15. The van der Waals surface area contributed by atoms with E-state index in [1.54, 1.807) is 0 Å². The largest absolute Gasteiger partial charge is 0.363 e. The predicted molar refractivity (Wildman–Crippen MR) is 44.9 cm³/mol. The molecule has 3 nitrogen and oxygen atoms in total. The van der Waals surface area contributed by atoms with Crippen molar-refractivity contribution in [3.63, 3.8) is 0 Å². The van der Waals surface area contributed by atoms with E-state index in [9.17, 15) is 14.0 Å². The Hall–Kier alpha value is -1.42. The van der Waals surface area contributed by atoms with Crippen molar-refractivity contribution < 1.29 is 14.0 Å². The van der Waals surface area contributed by atoms with Crippen molar-refractivity contribution in [3.8, 4) is 0 Å². The van der Waals surface area contributed by atoms with E-state index in [0.717, 1.165) is 18.2 Å². The van der Waals surface area contributed by atoms with Crippen LogP contribution in [0.2, 0.25) is 5.02 Å². The van der Waals surface area contributed by atoms with Gasteiger partial charge in [-0.15, -0.1) is 0 Å². The molecule has 1 rings (SSSR count). The number of primary amides is 1. The monoisotopic (exact) mass is 201 g/mol. The van der Waals surface area contributed by atoms with E-state index in [-0.39, 0.29) is 10.6 Å².